The number of aromatic nitrogens is 3. The van der Waals surface area contributed by atoms with E-state index >= 15 is 0 Å². The number of furan rings is 1. The fourth-order valence-corrected chi connectivity index (χ4v) is 5.62. The van der Waals surface area contributed by atoms with Crippen molar-refractivity contribution in [3.05, 3.63) is 83.9 Å². The van der Waals surface area contributed by atoms with Crippen LogP contribution in [0.3, 0.4) is 0 Å². The van der Waals surface area contributed by atoms with E-state index in [9.17, 15) is 14.4 Å². The van der Waals surface area contributed by atoms with Crippen LogP contribution < -0.4 is 16.0 Å². The molecule has 10 heteroatoms. The van der Waals surface area contributed by atoms with Crippen molar-refractivity contribution < 1.29 is 18.8 Å². The van der Waals surface area contributed by atoms with E-state index in [0.717, 1.165) is 35.3 Å². The number of anilines is 1. The Morgan fingerprint density at radius 2 is 1.81 bits per heavy atom. The number of hydrogen-bond acceptors (Lipinski definition) is 6. The second-order valence-corrected chi connectivity index (χ2v) is 10.7. The van der Waals surface area contributed by atoms with Gasteiger partial charge in [-0.3, -0.25) is 14.4 Å². The van der Waals surface area contributed by atoms with Gasteiger partial charge in [0.05, 0.1) is 11.2 Å². The lowest BCUT2D eigenvalue weighted by atomic mass is 9.85. The fraction of sp³-hybridized carbons (Fsp3) is 0.281. The molecule has 1 fully saturated rings. The van der Waals surface area contributed by atoms with Gasteiger partial charge in [0.25, 0.3) is 11.8 Å². The molecule has 6 rings (SSSR count). The van der Waals surface area contributed by atoms with E-state index in [2.05, 4.69) is 20.9 Å². The highest BCUT2D eigenvalue weighted by molar-refractivity contribution is 6.03. The SMILES string of the molecule is CNC(=O)c1cc2cc(NC(=O)[C@H](C)NC(=O)c3ccc4c(C5CCCCC5)n(-c5ccccn5)nc4c3)ccc2o1. The van der Waals surface area contributed by atoms with Crippen molar-refractivity contribution in [1.82, 2.24) is 25.4 Å². The minimum Gasteiger partial charge on any atom is -0.451 e. The minimum atomic E-state index is -0.807. The molecule has 1 aliphatic rings. The first-order valence-electron chi connectivity index (χ1n) is 14.2. The Morgan fingerprint density at radius 1 is 0.976 bits per heavy atom. The van der Waals surface area contributed by atoms with Gasteiger partial charge in [-0.05, 0) is 68.3 Å². The molecule has 10 nitrogen and oxygen atoms in total. The van der Waals surface area contributed by atoms with Gasteiger partial charge >= 0.3 is 0 Å². The van der Waals surface area contributed by atoms with Crippen LogP contribution in [0.1, 0.15) is 71.6 Å². The number of fused-ring (bicyclic) bond motifs is 2. The first-order chi connectivity index (χ1) is 20.4. The molecular weight excluding hydrogens is 532 g/mol. The average Bonchev–Trinajstić information content (AvgIpc) is 3.62. The summed E-state index contributed by atoms with van der Waals surface area (Å²) in [4.78, 5) is 42.5. The molecule has 5 aromatic rings. The molecule has 3 N–H and O–H groups in total. The van der Waals surface area contributed by atoms with E-state index < -0.39 is 6.04 Å². The Balaban J connectivity index is 1.19. The zero-order valence-electron chi connectivity index (χ0n) is 23.5. The minimum absolute atomic E-state index is 0.185. The van der Waals surface area contributed by atoms with Crippen molar-refractivity contribution in [3.8, 4) is 5.82 Å². The van der Waals surface area contributed by atoms with E-state index in [1.54, 1.807) is 49.5 Å². The van der Waals surface area contributed by atoms with Crippen molar-refractivity contribution >= 4 is 45.3 Å². The van der Waals surface area contributed by atoms with Gasteiger partial charge < -0.3 is 20.4 Å². The summed E-state index contributed by atoms with van der Waals surface area (Å²) in [6.45, 7) is 1.63. The van der Waals surface area contributed by atoms with Crippen LogP contribution in [0, 0.1) is 0 Å². The number of amides is 3. The standard InChI is InChI=1S/C32H32N6O4/c1-19(30(39)36-23-12-14-26-22(16-23)18-27(42-26)32(41)33-2)35-31(40)21-11-13-24-25(17-21)37-38(28-10-6-7-15-34-28)29(24)20-8-4-3-5-9-20/h6-7,10-20H,3-5,8-9H2,1-2H3,(H,33,41)(H,35,40)(H,36,39)/t19-/m0/s1. The second kappa shape index (κ2) is 11.5. The van der Waals surface area contributed by atoms with Crippen molar-refractivity contribution in [3.63, 3.8) is 0 Å². The van der Waals surface area contributed by atoms with Crippen LogP contribution in [0.2, 0.25) is 0 Å². The van der Waals surface area contributed by atoms with Crippen molar-refractivity contribution in [1.29, 1.82) is 0 Å². The summed E-state index contributed by atoms with van der Waals surface area (Å²) in [7, 11) is 1.53. The fourth-order valence-electron chi connectivity index (χ4n) is 5.62. The molecule has 214 valence electrons. The molecule has 3 amide bonds. The van der Waals surface area contributed by atoms with E-state index in [1.807, 2.05) is 28.9 Å². The largest absolute Gasteiger partial charge is 0.451 e. The van der Waals surface area contributed by atoms with Crippen LogP contribution in [0.4, 0.5) is 5.69 Å². The quantitative estimate of drug-likeness (QED) is 0.245. The topological polar surface area (TPSA) is 131 Å². The van der Waals surface area contributed by atoms with Crippen molar-refractivity contribution in [2.75, 3.05) is 12.4 Å². The van der Waals surface area contributed by atoms with Crippen LogP contribution in [0.15, 0.2) is 71.3 Å². The van der Waals surface area contributed by atoms with Crippen LogP contribution in [0.25, 0.3) is 27.7 Å². The number of carbonyl (C=O) groups is 3. The zero-order valence-corrected chi connectivity index (χ0v) is 23.5. The lowest BCUT2D eigenvalue weighted by molar-refractivity contribution is -0.117. The van der Waals surface area contributed by atoms with E-state index in [4.69, 9.17) is 9.52 Å². The number of nitrogens with one attached hydrogen (secondary N) is 3. The molecule has 1 saturated carbocycles. The van der Waals surface area contributed by atoms with E-state index in [-0.39, 0.29) is 23.5 Å². The van der Waals surface area contributed by atoms with Crippen LogP contribution in [0.5, 0.6) is 0 Å². The third kappa shape index (κ3) is 5.35. The first kappa shape index (κ1) is 27.2. The summed E-state index contributed by atoms with van der Waals surface area (Å²) in [6.07, 6.45) is 7.59. The summed E-state index contributed by atoms with van der Waals surface area (Å²) in [5.41, 5.74) is 3.33. The molecule has 0 aliphatic heterocycles. The van der Waals surface area contributed by atoms with Gasteiger partial charge in [-0.2, -0.15) is 5.10 Å². The van der Waals surface area contributed by atoms with Crippen LogP contribution in [-0.2, 0) is 4.79 Å². The van der Waals surface area contributed by atoms with Crippen molar-refractivity contribution in [2.24, 2.45) is 0 Å². The van der Waals surface area contributed by atoms with E-state index in [0.29, 0.717) is 28.1 Å². The predicted octanol–water partition coefficient (Wildman–Crippen LogP) is 5.33. The van der Waals surface area contributed by atoms with Crippen LogP contribution >= 0.6 is 0 Å². The molecule has 0 spiro atoms. The first-order valence-corrected chi connectivity index (χ1v) is 14.2. The van der Waals surface area contributed by atoms with Gasteiger partial charge in [-0.15, -0.1) is 0 Å². The summed E-state index contributed by atoms with van der Waals surface area (Å²) in [5, 5.41) is 14.7. The van der Waals surface area contributed by atoms with Gasteiger partial charge in [0.15, 0.2) is 11.6 Å². The molecule has 0 radical (unpaired) electrons. The lowest BCUT2D eigenvalue weighted by Gasteiger charge is -2.22. The highest BCUT2D eigenvalue weighted by Gasteiger charge is 2.25. The normalized spacial score (nSPS) is 14.5. The highest BCUT2D eigenvalue weighted by Crippen LogP contribution is 2.37. The maximum absolute atomic E-state index is 13.2. The Kier molecular flexibility index (Phi) is 7.43. The molecular formula is C32H32N6O4. The second-order valence-electron chi connectivity index (χ2n) is 10.7. The number of rotatable bonds is 7. The third-order valence-electron chi connectivity index (χ3n) is 7.81. The summed E-state index contributed by atoms with van der Waals surface area (Å²) < 4.78 is 7.46. The Hall–Kier alpha value is -4.99. The van der Waals surface area contributed by atoms with E-state index in [1.165, 1.54) is 26.3 Å². The highest BCUT2D eigenvalue weighted by atomic mass is 16.3. The maximum Gasteiger partial charge on any atom is 0.286 e. The van der Waals surface area contributed by atoms with Crippen LogP contribution in [-0.4, -0.2) is 45.6 Å². The summed E-state index contributed by atoms with van der Waals surface area (Å²) >= 11 is 0. The molecule has 2 aromatic carbocycles. The number of nitrogens with zero attached hydrogens (tertiary/aromatic N) is 3. The number of hydrogen-bond donors (Lipinski definition) is 3. The monoisotopic (exact) mass is 564 g/mol. The predicted molar refractivity (Wildman–Crippen MR) is 160 cm³/mol. The molecule has 1 aliphatic carbocycles. The molecule has 0 unspecified atom stereocenters. The lowest BCUT2D eigenvalue weighted by Crippen LogP contribution is -2.41. The maximum atomic E-state index is 13.2. The Morgan fingerprint density at radius 3 is 2.57 bits per heavy atom. The van der Waals surface area contributed by atoms with Gasteiger partial charge in [-0.1, -0.05) is 31.4 Å². The van der Waals surface area contributed by atoms with Gasteiger partial charge in [0.1, 0.15) is 11.6 Å². The summed E-state index contributed by atoms with van der Waals surface area (Å²) in [5.74, 6) is 0.239. The molecule has 0 bridgehead atoms. The Bertz CT molecular complexity index is 1790. The molecule has 3 aromatic heterocycles. The smallest absolute Gasteiger partial charge is 0.286 e. The molecule has 3 heterocycles. The average molecular weight is 565 g/mol. The van der Waals surface area contributed by atoms with Gasteiger partial charge in [0.2, 0.25) is 5.91 Å². The Labute approximate surface area is 242 Å². The number of pyridine rings is 1. The number of benzene rings is 2. The van der Waals surface area contributed by atoms with Gasteiger partial charge in [0, 0.05) is 41.2 Å². The third-order valence-corrected chi connectivity index (χ3v) is 7.81. The van der Waals surface area contributed by atoms with Crippen molar-refractivity contribution in [2.45, 2.75) is 51.0 Å². The molecule has 42 heavy (non-hydrogen) atoms. The summed E-state index contributed by atoms with van der Waals surface area (Å²) in [6, 6.07) is 17.2. The zero-order chi connectivity index (χ0) is 29.2. The molecule has 1 atom stereocenters. The molecule has 0 saturated heterocycles. The number of carbonyl (C=O) groups excluding carboxylic acids is 3. The van der Waals surface area contributed by atoms with Gasteiger partial charge in [-0.25, -0.2) is 9.67 Å².